The molecule has 88 valence electrons. The monoisotopic (exact) mass is 230 g/mol. The van der Waals surface area contributed by atoms with Gasteiger partial charge in [-0.1, -0.05) is 0 Å². The summed E-state index contributed by atoms with van der Waals surface area (Å²) >= 11 is 0. The molecule has 0 bridgehead atoms. The highest BCUT2D eigenvalue weighted by atomic mass is 28.4. The van der Waals surface area contributed by atoms with Crippen molar-refractivity contribution in [3.8, 4) is 0 Å². The van der Waals surface area contributed by atoms with Crippen molar-refractivity contribution in [1.29, 1.82) is 0 Å². The molecule has 0 fully saturated rings. The van der Waals surface area contributed by atoms with Crippen LogP contribution in [0.4, 0.5) is 4.11 Å². The van der Waals surface area contributed by atoms with Gasteiger partial charge in [0, 0.05) is 23.5 Å². The van der Waals surface area contributed by atoms with Crippen molar-refractivity contribution in [2.45, 2.75) is 59.2 Å². The lowest BCUT2D eigenvalue weighted by Gasteiger charge is -2.45. The van der Waals surface area contributed by atoms with E-state index in [-0.39, 0.29) is 11.1 Å². The van der Waals surface area contributed by atoms with Crippen LogP contribution in [0.25, 0.3) is 0 Å². The molecular formula is C11H23FN2Si. The molecule has 0 spiro atoms. The zero-order chi connectivity index (χ0) is 12.1. The summed E-state index contributed by atoms with van der Waals surface area (Å²) in [6.07, 6.45) is 3.80. The van der Waals surface area contributed by atoms with Gasteiger partial charge in [0.05, 0.1) is 0 Å². The van der Waals surface area contributed by atoms with E-state index in [1.165, 1.54) is 0 Å². The molecule has 0 saturated carbocycles. The molecule has 0 amide bonds. The van der Waals surface area contributed by atoms with E-state index in [0.29, 0.717) is 0 Å². The van der Waals surface area contributed by atoms with Crippen LogP contribution >= 0.6 is 0 Å². The normalized spacial score (nSPS) is 21.3. The zero-order valence-electron chi connectivity index (χ0n) is 10.9. The zero-order valence-corrected chi connectivity index (χ0v) is 11.9. The minimum Gasteiger partial charge on any atom is -0.357 e. The van der Waals surface area contributed by atoms with Crippen LogP contribution in [0.15, 0.2) is 12.4 Å². The fraction of sp³-hybridized carbons (Fsp3) is 0.818. The first-order valence-corrected chi connectivity index (χ1v) is 7.71. The molecule has 1 aliphatic heterocycles. The maximum Gasteiger partial charge on any atom is 0.457 e. The fourth-order valence-corrected chi connectivity index (χ4v) is 5.55. The standard InChI is InChI=1S/C11H23FN2Si/c1-10(2,3)13-8-9-14(11(4,5)6)15(13,7)12/h8-9H,1-7H3. The van der Waals surface area contributed by atoms with Gasteiger partial charge in [-0.2, -0.15) is 0 Å². The third-order valence-corrected chi connectivity index (χ3v) is 6.09. The van der Waals surface area contributed by atoms with Crippen LogP contribution in [0.3, 0.4) is 0 Å². The quantitative estimate of drug-likeness (QED) is 0.466. The van der Waals surface area contributed by atoms with Crippen LogP contribution in [0.1, 0.15) is 41.5 Å². The lowest BCUT2D eigenvalue weighted by atomic mass is 10.1. The van der Waals surface area contributed by atoms with Crippen molar-refractivity contribution in [3.05, 3.63) is 12.4 Å². The Morgan fingerprint density at radius 3 is 1.27 bits per heavy atom. The first-order valence-electron chi connectivity index (χ1n) is 5.43. The van der Waals surface area contributed by atoms with Crippen molar-refractivity contribution in [3.63, 3.8) is 0 Å². The molecule has 0 N–H and O–H groups in total. The van der Waals surface area contributed by atoms with Gasteiger partial charge in [-0.3, -0.25) is 4.11 Å². The van der Waals surface area contributed by atoms with Crippen LogP contribution < -0.4 is 0 Å². The predicted octanol–water partition coefficient (Wildman–Crippen LogP) is 3.21. The maximum atomic E-state index is 14.9. The first-order chi connectivity index (χ1) is 6.47. The van der Waals surface area contributed by atoms with Crippen LogP contribution in [-0.2, 0) is 0 Å². The summed E-state index contributed by atoms with van der Waals surface area (Å²) < 4.78 is 18.6. The lowest BCUT2D eigenvalue weighted by Crippen LogP contribution is -2.63. The lowest BCUT2D eigenvalue weighted by molar-refractivity contribution is 0.236. The minimum absolute atomic E-state index is 0.147. The predicted molar refractivity (Wildman–Crippen MR) is 65.1 cm³/mol. The van der Waals surface area contributed by atoms with E-state index in [4.69, 9.17) is 0 Å². The molecule has 0 aromatic rings. The second-order valence-corrected chi connectivity index (χ2v) is 9.06. The molecule has 0 unspecified atom stereocenters. The molecule has 1 aliphatic rings. The Morgan fingerprint density at radius 1 is 0.867 bits per heavy atom. The first kappa shape index (κ1) is 12.6. The van der Waals surface area contributed by atoms with Crippen LogP contribution in [0, 0.1) is 0 Å². The Labute approximate surface area is 94.1 Å². The summed E-state index contributed by atoms with van der Waals surface area (Å²) in [6, 6.07) is 0. The van der Waals surface area contributed by atoms with Crippen LogP contribution in [0.5, 0.6) is 0 Å². The summed E-state index contributed by atoms with van der Waals surface area (Å²) in [4.78, 5) is 0. The molecule has 0 atom stereocenters. The van der Waals surface area contributed by atoms with Crippen molar-refractivity contribution in [1.82, 2.24) is 9.13 Å². The smallest absolute Gasteiger partial charge is 0.357 e. The van der Waals surface area contributed by atoms with E-state index in [0.717, 1.165) is 0 Å². The van der Waals surface area contributed by atoms with Crippen molar-refractivity contribution in [2.75, 3.05) is 0 Å². The summed E-state index contributed by atoms with van der Waals surface area (Å²) in [5.41, 5.74) is -0.293. The molecule has 0 aliphatic carbocycles. The number of hydrogen-bond acceptors (Lipinski definition) is 2. The van der Waals surface area contributed by atoms with Crippen molar-refractivity contribution < 1.29 is 4.11 Å². The highest BCUT2D eigenvalue weighted by molar-refractivity contribution is 6.67. The van der Waals surface area contributed by atoms with E-state index in [2.05, 4.69) is 0 Å². The molecular weight excluding hydrogens is 207 g/mol. The number of nitrogens with zero attached hydrogens (tertiary/aromatic N) is 2. The number of halogens is 1. The maximum absolute atomic E-state index is 14.9. The molecule has 1 rings (SSSR count). The van der Waals surface area contributed by atoms with Crippen LogP contribution in [-0.4, -0.2) is 28.9 Å². The van der Waals surface area contributed by atoms with Gasteiger partial charge in [-0.25, -0.2) is 0 Å². The fourth-order valence-electron chi connectivity index (χ4n) is 2.19. The topological polar surface area (TPSA) is 6.48 Å². The third-order valence-electron chi connectivity index (χ3n) is 2.69. The number of rotatable bonds is 0. The average Bonchev–Trinajstić information content (AvgIpc) is 2.21. The second kappa shape index (κ2) is 3.24. The van der Waals surface area contributed by atoms with E-state index in [1.54, 1.807) is 6.55 Å². The Bertz CT molecular complexity index is 247. The van der Waals surface area contributed by atoms with Gasteiger partial charge in [-0.15, -0.1) is 0 Å². The molecule has 0 saturated heterocycles. The minimum atomic E-state index is -3.01. The van der Waals surface area contributed by atoms with Gasteiger partial charge < -0.3 is 9.13 Å². The Morgan fingerprint density at radius 2 is 1.13 bits per heavy atom. The Hall–Kier alpha value is -0.513. The van der Waals surface area contributed by atoms with E-state index in [1.807, 2.05) is 63.1 Å². The summed E-state index contributed by atoms with van der Waals surface area (Å²) in [7, 11) is -3.01. The van der Waals surface area contributed by atoms with E-state index in [9.17, 15) is 4.11 Å². The molecule has 0 aromatic heterocycles. The highest BCUT2D eigenvalue weighted by Gasteiger charge is 2.52. The molecule has 4 heteroatoms. The largest absolute Gasteiger partial charge is 0.457 e. The third kappa shape index (κ3) is 2.19. The van der Waals surface area contributed by atoms with Crippen molar-refractivity contribution in [2.24, 2.45) is 0 Å². The van der Waals surface area contributed by atoms with Gasteiger partial charge in [-0.05, 0) is 48.1 Å². The Kier molecular flexibility index (Phi) is 2.71. The summed E-state index contributed by atoms with van der Waals surface area (Å²) in [5, 5.41) is 0. The second-order valence-electron chi connectivity index (χ2n) is 6.29. The van der Waals surface area contributed by atoms with E-state index >= 15 is 0 Å². The summed E-state index contributed by atoms with van der Waals surface area (Å²) in [5.74, 6) is 0. The Balaban J connectivity index is 3.01. The molecule has 0 aromatic carbocycles. The number of hydrogen-bond donors (Lipinski definition) is 0. The van der Waals surface area contributed by atoms with E-state index < -0.39 is 8.73 Å². The molecule has 15 heavy (non-hydrogen) atoms. The van der Waals surface area contributed by atoms with Gasteiger partial charge >= 0.3 is 8.73 Å². The van der Waals surface area contributed by atoms with Gasteiger partial charge in [0.2, 0.25) is 0 Å². The van der Waals surface area contributed by atoms with Gasteiger partial charge in [0.1, 0.15) is 0 Å². The van der Waals surface area contributed by atoms with Crippen LogP contribution in [0.2, 0.25) is 6.55 Å². The SMILES string of the molecule is CC(C)(C)N1C=CN(C(C)(C)C)[Si]1(C)F. The molecule has 0 radical (unpaired) electrons. The molecule has 1 heterocycles. The van der Waals surface area contributed by atoms with Crippen molar-refractivity contribution >= 4 is 8.73 Å². The summed E-state index contributed by atoms with van der Waals surface area (Å²) in [6.45, 7) is 14.1. The highest BCUT2D eigenvalue weighted by Crippen LogP contribution is 2.36. The van der Waals surface area contributed by atoms with Gasteiger partial charge in [0.25, 0.3) is 0 Å². The average molecular weight is 230 g/mol. The van der Waals surface area contributed by atoms with Gasteiger partial charge in [0.15, 0.2) is 0 Å². The molecule has 2 nitrogen and oxygen atoms in total.